The van der Waals surface area contributed by atoms with E-state index in [0.717, 1.165) is 16.8 Å². The summed E-state index contributed by atoms with van der Waals surface area (Å²) in [6, 6.07) is 10.5. The van der Waals surface area contributed by atoms with Crippen LogP contribution in [-0.2, 0) is 4.74 Å². The maximum atomic E-state index is 12.3. The van der Waals surface area contributed by atoms with Crippen LogP contribution in [-0.4, -0.2) is 23.5 Å². The molecule has 0 fully saturated rings. The van der Waals surface area contributed by atoms with E-state index in [1.807, 2.05) is 32.0 Å². The maximum absolute atomic E-state index is 12.3. The molecule has 0 bridgehead atoms. The zero-order valence-corrected chi connectivity index (χ0v) is 12.8. The predicted octanol–water partition coefficient (Wildman–Crippen LogP) is 3.13. The molecule has 0 saturated heterocycles. The van der Waals surface area contributed by atoms with Gasteiger partial charge in [-0.2, -0.15) is 0 Å². The number of benzene rings is 1. The van der Waals surface area contributed by atoms with Crippen molar-refractivity contribution in [3.8, 4) is 0 Å². The molecule has 0 saturated carbocycles. The topological polar surface area (TPSA) is 68.3 Å². The molecule has 0 aliphatic heterocycles. The summed E-state index contributed by atoms with van der Waals surface area (Å²) in [4.78, 5) is 28.1. The van der Waals surface area contributed by atoms with Gasteiger partial charge in [0.15, 0.2) is 0 Å². The molecule has 1 heterocycles. The minimum Gasteiger partial charge on any atom is -0.461 e. The summed E-state index contributed by atoms with van der Waals surface area (Å²) in [6.07, 6.45) is 0. The lowest BCUT2D eigenvalue weighted by Crippen LogP contribution is -2.17. The standard InChI is InChI=1S/C17H18N2O3/c1-4-22-17(21)14-10-6-9-13(18-14)16(20)19-15-11(2)7-5-8-12(15)3/h5-10H,4H2,1-3H3,(H,19,20). The number of hydrogen-bond donors (Lipinski definition) is 1. The van der Waals surface area contributed by atoms with Gasteiger partial charge in [0.25, 0.3) is 5.91 Å². The molecule has 5 nitrogen and oxygen atoms in total. The highest BCUT2D eigenvalue weighted by molar-refractivity contribution is 6.04. The predicted molar refractivity (Wildman–Crippen MR) is 84.1 cm³/mol. The fraction of sp³-hybridized carbons (Fsp3) is 0.235. The summed E-state index contributed by atoms with van der Waals surface area (Å²) in [5.74, 6) is -0.896. The van der Waals surface area contributed by atoms with Gasteiger partial charge >= 0.3 is 5.97 Å². The van der Waals surface area contributed by atoms with Gasteiger partial charge in [-0.15, -0.1) is 0 Å². The molecule has 1 aromatic heterocycles. The number of rotatable bonds is 4. The highest BCUT2D eigenvalue weighted by Gasteiger charge is 2.14. The van der Waals surface area contributed by atoms with E-state index in [2.05, 4.69) is 10.3 Å². The van der Waals surface area contributed by atoms with Gasteiger partial charge in [0, 0.05) is 5.69 Å². The van der Waals surface area contributed by atoms with E-state index >= 15 is 0 Å². The number of amides is 1. The zero-order valence-electron chi connectivity index (χ0n) is 12.8. The van der Waals surface area contributed by atoms with Crippen molar-refractivity contribution in [2.75, 3.05) is 11.9 Å². The lowest BCUT2D eigenvalue weighted by molar-refractivity contribution is 0.0519. The molecule has 114 valence electrons. The normalized spacial score (nSPS) is 10.1. The van der Waals surface area contributed by atoms with Gasteiger partial charge in [-0.1, -0.05) is 24.3 Å². The highest BCUT2D eigenvalue weighted by Crippen LogP contribution is 2.20. The number of anilines is 1. The van der Waals surface area contributed by atoms with Crippen LogP contribution in [0.3, 0.4) is 0 Å². The molecule has 1 N–H and O–H groups in total. The van der Waals surface area contributed by atoms with Crippen LogP contribution >= 0.6 is 0 Å². The van der Waals surface area contributed by atoms with Gasteiger partial charge in [0.05, 0.1) is 6.61 Å². The maximum Gasteiger partial charge on any atom is 0.356 e. The van der Waals surface area contributed by atoms with Crippen LogP contribution in [0, 0.1) is 13.8 Å². The van der Waals surface area contributed by atoms with Crippen LogP contribution in [0.15, 0.2) is 36.4 Å². The second kappa shape index (κ2) is 6.85. The summed E-state index contributed by atoms with van der Waals surface area (Å²) in [6.45, 7) is 5.82. The third-order valence-electron chi connectivity index (χ3n) is 3.19. The Morgan fingerprint density at radius 2 is 1.64 bits per heavy atom. The molecule has 0 unspecified atom stereocenters. The van der Waals surface area contributed by atoms with Crippen molar-refractivity contribution in [3.05, 3.63) is 58.9 Å². The van der Waals surface area contributed by atoms with Gasteiger partial charge in [0.1, 0.15) is 11.4 Å². The van der Waals surface area contributed by atoms with E-state index in [4.69, 9.17) is 4.74 Å². The summed E-state index contributed by atoms with van der Waals surface area (Å²) in [7, 11) is 0. The first-order valence-corrected chi connectivity index (χ1v) is 7.04. The van der Waals surface area contributed by atoms with E-state index in [-0.39, 0.29) is 23.9 Å². The van der Waals surface area contributed by atoms with Crippen molar-refractivity contribution >= 4 is 17.6 Å². The number of nitrogens with zero attached hydrogens (tertiary/aromatic N) is 1. The number of aromatic nitrogens is 1. The number of esters is 1. The lowest BCUT2D eigenvalue weighted by atomic mass is 10.1. The highest BCUT2D eigenvalue weighted by atomic mass is 16.5. The van der Waals surface area contributed by atoms with E-state index < -0.39 is 5.97 Å². The average Bonchev–Trinajstić information content (AvgIpc) is 2.51. The van der Waals surface area contributed by atoms with Crippen LogP contribution in [0.25, 0.3) is 0 Å². The molecule has 1 amide bonds. The summed E-state index contributed by atoms with van der Waals surface area (Å²) in [5, 5.41) is 2.84. The van der Waals surface area contributed by atoms with Gasteiger partial charge < -0.3 is 10.1 Å². The molecule has 2 aromatic rings. The van der Waals surface area contributed by atoms with Gasteiger partial charge in [0.2, 0.25) is 0 Å². The molecular weight excluding hydrogens is 280 g/mol. The number of para-hydroxylation sites is 1. The monoisotopic (exact) mass is 298 g/mol. The Bertz CT molecular complexity index is 691. The second-order valence-corrected chi connectivity index (χ2v) is 4.85. The number of ether oxygens (including phenoxy) is 1. The Morgan fingerprint density at radius 3 is 2.27 bits per heavy atom. The molecule has 0 aliphatic carbocycles. The molecule has 5 heteroatoms. The fourth-order valence-corrected chi connectivity index (χ4v) is 2.07. The molecule has 0 atom stereocenters. The van der Waals surface area contributed by atoms with Crippen molar-refractivity contribution in [1.29, 1.82) is 0 Å². The minimum absolute atomic E-state index is 0.121. The molecular formula is C17H18N2O3. The molecule has 22 heavy (non-hydrogen) atoms. The summed E-state index contributed by atoms with van der Waals surface area (Å²) < 4.78 is 4.89. The number of nitrogens with one attached hydrogen (secondary N) is 1. The molecule has 2 rings (SSSR count). The average molecular weight is 298 g/mol. The van der Waals surface area contributed by atoms with Crippen molar-refractivity contribution in [2.45, 2.75) is 20.8 Å². The largest absolute Gasteiger partial charge is 0.461 e. The third kappa shape index (κ3) is 3.49. The van der Waals surface area contributed by atoms with Crippen molar-refractivity contribution < 1.29 is 14.3 Å². The SMILES string of the molecule is CCOC(=O)c1cccc(C(=O)Nc2c(C)cccc2C)n1. The molecule has 0 aliphatic rings. The van der Waals surface area contributed by atoms with Crippen LogP contribution in [0.5, 0.6) is 0 Å². The summed E-state index contributed by atoms with van der Waals surface area (Å²) >= 11 is 0. The number of pyridine rings is 1. The zero-order chi connectivity index (χ0) is 16.1. The van der Waals surface area contributed by atoms with Crippen LogP contribution in [0.4, 0.5) is 5.69 Å². The van der Waals surface area contributed by atoms with Gasteiger partial charge in [-0.05, 0) is 44.0 Å². The molecule has 0 radical (unpaired) electrons. The number of aryl methyl sites for hydroxylation is 2. The lowest BCUT2D eigenvalue weighted by Gasteiger charge is -2.11. The van der Waals surface area contributed by atoms with Crippen molar-refractivity contribution in [1.82, 2.24) is 4.98 Å². The second-order valence-electron chi connectivity index (χ2n) is 4.85. The smallest absolute Gasteiger partial charge is 0.356 e. The first kappa shape index (κ1) is 15.7. The van der Waals surface area contributed by atoms with Crippen molar-refractivity contribution in [2.24, 2.45) is 0 Å². The number of carbonyl (C=O) groups is 2. The van der Waals surface area contributed by atoms with Crippen LogP contribution in [0.1, 0.15) is 39.0 Å². The Kier molecular flexibility index (Phi) is 4.88. The van der Waals surface area contributed by atoms with Crippen LogP contribution < -0.4 is 5.32 Å². The number of carbonyl (C=O) groups excluding carboxylic acids is 2. The Balaban J connectivity index is 2.23. The van der Waals surface area contributed by atoms with Gasteiger partial charge in [-0.3, -0.25) is 4.79 Å². The van der Waals surface area contributed by atoms with Crippen LogP contribution in [0.2, 0.25) is 0 Å². The molecule has 1 aromatic carbocycles. The van der Waals surface area contributed by atoms with E-state index in [1.54, 1.807) is 19.1 Å². The third-order valence-corrected chi connectivity index (χ3v) is 3.19. The Hall–Kier alpha value is -2.69. The minimum atomic E-state index is -0.538. The van der Waals surface area contributed by atoms with Gasteiger partial charge in [-0.25, -0.2) is 9.78 Å². The first-order chi connectivity index (χ1) is 10.5. The Morgan fingerprint density at radius 1 is 1.05 bits per heavy atom. The molecule has 0 spiro atoms. The summed E-state index contributed by atoms with van der Waals surface area (Å²) in [5.41, 5.74) is 2.99. The van der Waals surface area contributed by atoms with Crippen molar-refractivity contribution in [3.63, 3.8) is 0 Å². The van der Waals surface area contributed by atoms with E-state index in [0.29, 0.717) is 0 Å². The first-order valence-electron chi connectivity index (χ1n) is 7.04. The Labute approximate surface area is 129 Å². The van der Waals surface area contributed by atoms with E-state index in [1.165, 1.54) is 6.07 Å². The number of hydrogen-bond acceptors (Lipinski definition) is 4. The quantitative estimate of drug-likeness (QED) is 0.881. The fourth-order valence-electron chi connectivity index (χ4n) is 2.07. The van der Waals surface area contributed by atoms with E-state index in [9.17, 15) is 9.59 Å².